The zero-order valence-corrected chi connectivity index (χ0v) is 6.99. The molecule has 0 aromatic carbocycles. The first-order valence-corrected chi connectivity index (χ1v) is 3.81. The van der Waals surface area contributed by atoms with Crippen LogP contribution in [-0.2, 0) is 0 Å². The minimum absolute atomic E-state index is 0.0433. The molecule has 0 fully saturated rings. The number of hydrogen-bond acceptors (Lipinski definition) is 4. The summed E-state index contributed by atoms with van der Waals surface area (Å²) in [6.45, 7) is 1.47. The van der Waals surface area contributed by atoms with Crippen LogP contribution in [0.5, 0.6) is 0 Å². The van der Waals surface area contributed by atoms with Crippen molar-refractivity contribution in [3.63, 3.8) is 0 Å². The lowest BCUT2D eigenvalue weighted by Crippen LogP contribution is -1.88. The average molecular weight is 207 g/mol. The summed E-state index contributed by atoms with van der Waals surface area (Å²) in [6, 6.07) is 0. The van der Waals surface area contributed by atoms with Gasteiger partial charge in [-0.3, -0.25) is 4.79 Å². The van der Waals surface area contributed by atoms with Crippen LogP contribution in [0, 0.1) is 0 Å². The van der Waals surface area contributed by atoms with E-state index in [1.807, 2.05) is 0 Å². The van der Waals surface area contributed by atoms with Crippen LogP contribution in [0.3, 0.4) is 0 Å². The highest BCUT2D eigenvalue weighted by Crippen LogP contribution is 2.15. The molecular weight excluding hydrogens is 204 g/mol. The summed E-state index contributed by atoms with van der Waals surface area (Å²) in [5.74, 6) is -0.0433. The van der Waals surface area contributed by atoms with E-state index in [4.69, 9.17) is 0 Å². The number of nitrogens with zero attached hydrogens (tertiary/aromatic N) is 2. The van der Waals surface area contributed by atoms with Gasteiger partial charge in [0.1, 0.15) is 0 Å². The highest BCUT2D eigenvalue weighted by Gasteiger charge is 2.04. The predicted molar refractivity (Wildman–Crippen MR) is 37.6 cm³/mol. The molecule has 0 aliphatic heterocycles. The standard InChI is InChI=1S/C4H3BrN2OS/c1-2(8)3-6-7-4(5)9-3/h1H3. The summed E-state index contributed by atoms with van der Waals surface area (Å²) < 4.78 is 0.646. The first kappa shape index (κ1) is 6.82. The van der Waals surface area contributed by atoms with Crippen molar-refractivity contribution in [1.82, 2.24) is 10.2 Å². The summed E-state index contributed by atoms with van der Waals surface area (Å²) >= 11 is 4.33. The third-order valence-electron chi connectivity index (χ3n) is 0.702. The monoisotopic (exact) mass is 206 g/mol. The minimum atomic E-state index is -0.0433. The molecule has 0 amide bonds. The van der Waals surface area contributed by atoms with Crippen LogP contribution in [0.1, 0.15) is 16.7 Å². The first-order chi connectivity index (χ1) is 4.20. The van der Waals surface area contributed by atoms with E-state index in [0.717, 1.165) is 0 Å². The van der Waals surface area contributed by atoms with Crippen LogP contribution in [0.2, 0.25) is 0 Å². The van der Waals surface area contributed by atoms with Crippen molar-refractivity contribution in [3.8, 4) is 0 Å². The van der Waals surface area contributed by atoms with E-state index < -0.39 is 0 Å². The van der Waals surface area contributed by atoms with Gasteiger partial charge in [-0.15, -0.1) is 10.2 Å². The summed E-state index contributed by atoms with van der Waals surface area (Å²) in [5.41, 5.74) is 0. The molecule has 1 rings (SSSR count). The maximum Gasteiger partial charge on any atom is 0.190 e. The first-order valence-electron chi connectivity index (χ1n) is 2.20. The molecule has 9 heavy (non-hydrogen) atoms. The van der Waals surface area contributed by atoms with Crippen molar-refractivity contribution in [1.29, 1.82) is 0 Å². The maximum absolute atomic E-state index is 10.5. The van der Waals surface area contributed by atoms with Gasteiger partial charge < -0.3 is 0 Å². The predicted octanol–water partition coefficient (Wildman–Crippen LogP) is 1.50. The van der Waals surface area contributed by atoms with E-state index in [-0.39, 0.29) is 5.78 Å². The summed E-state index contributed by atoms with van der Waals surface area (Å²) in [6.07, 6.45) is 0. The number of aromatic nitrogens is 2. The second-order valence-electron chi connectivity index (χ2n) is 1.42. The fourth-order valence-electron chi connectivity index (χ4n) is 0.348. The Bertz CT molecular complexity index is 234. The summed E-state index contributed by atoms with van der Waals surface area (Å²) in [5, 5.41) is 7.64. The number of carbonyl (C=O) groups is 1. The number of hydrogen-bond donors (Lipinski definition) is 0. The van der Waals surface area contributed by atoms with E-state index in [1.165, 1.54) is 18.3 Å². The number of ketones is 1. The Morgan fingerprint density at radius 3 is 2.56 bits per heavy atom. The molecule has 1 aromatic heterocycles. The maximum atomic E-state index is 10.5. The summed E-state index contributed by atoms with van der Waals surface area (Å²) in [4.78, 5) is 10.5. The number of halogens is 1. The van der Waals surface area contributed by atoms with Crippen LogP contribution in [0.15, 0.2) is 3.92 Å². The second kappa shape index (κ2) is 2.53. The van der Waals surface area contributed by atoms with Crippen molar-refractivity contribution in [2.24, 2.45) is 0 Å². The van der Waals surface area contributed by atoms with Gasteiger partial charge in [0, 0.05) is 6.92 Å². The van der Waals surface area contributed by atoms with Gasteiger partial charge in [0.2, 0.25) is 0 Å². The van der Waals surface area contributed by atoms with E-state index in [9.17, 15) is 4.79 Å². The molecule has 0 radical (unpaired) electrons. The van der Waals surface area contributed by atoms with Gasteiger partial charge in [0.15, 0.2) is 14.7 Å². The van der Waals surface area contributed by atoms with Crippen LogP contribution in [0.4, 0.5) is 0 Å². The molecule has 5 heteroatoms. The lowest BCUT2D eigenvalue weighted by molar-refractivity contribution is 0.101. The van der Waals surface area contributed by atoms with Crippen molar-refractivity contribution in [2.75, 3.05) is 0 Å². The third kappa shape index (κ3) is 1.56. The number of rotatable bonds is 1. The van der Waals surface area contributed by atoms with Gasteiger partial charge in [0.25, 0.3) is 0 Å². The van der Waals surface area contributed by atoms with Crippen LogP contribution in [-0.4, -0.2) is 16.0 Å². The minimum Gasteiger partial charge on any atom is -0.292 e. The van der Waals surface area contributed by atoms with Gasteiger partial charge in [-0.25, -0.2) is 0 Å². The van der Waals surface area contributed by atoms with Crippen LogP contribution >= 0.6 is 27.3 Å². The Kier molecular flexibility index (Phi) is 1.92. The Balaban J connectivity index is 2.98. The molecule has 1 aromatic rings. The fraction of sp³-hybridized carbons (Fsp3) is 0.250. The molecule has 1 heterocycles. The quantitative estimate of drug-likeness (QED) is 0.655. The van der Waals surface area contributed by atoms with Crippen molar-refractivity contribution in [2.45, 2.75) is 6.92 Å². The van der Waals surface area contributed by atoms with E-state index in [2.05, 4.69) is 26.1 Å². The van der Waals surface area contributed by atoms with Crippen LogP contribution < -0.4 is 0 Å². The number of carbonyl (C=O) groups excluding carboxylic acids is 1. The Labute approximate surface area is 64.2 Å². The molecule has 0 aliphatic rings. The van der Waals surface area contributed by atoms with Crippen LogP contribution in [0.25, 0.3) is 0 Å². The van der Waals surface area contributed by atoms with Gasteiger partial charge in [-0.1, -0.05) is 11.3 Å². The largest absolute Gasteiger partial charge is 0.292 e. The Morgan fingerprint density at radius 2 is 2.33 bits per heavy atom. The average Bonchev–Trinajstić information content (AvgIpc) is 2.14. The molecule has 0 unspecified atom stereocenters. The van der Waals surface area contributed by atoms with Crippen molar-refractivity contribution in [3.05, 3.63) is 8.92 Å². The molecule has 0 spiro atoms. The van der Waals surface area contributed by atoms with Gasteiger partial charge in [0.05, 0.1) is 0 Å². The highest BCUT2D eigenvalue weighted by atomic mass is 79.9. The molecule has 48 valence electrons. The lowest BCUT2D eigenvalue weighted by Gasteiger charge is -1.76. The zero-order valence-electron chi connectivity index (χ0n) is 4.59. The molecular formula is C4H3BrN2OS. The zero-order chi connectivity index (χ0) is 6.85. The topological polar surface area (TPSA) is 42.9 Å². The fourth-order valence-corrected chi connectivity index (χ4v) is 1.35. The second-order valence-corrected chi connectivity index (χ2v) is 3.67. The SMILES string of the molecule is CC(=O)c1nnc(Br)s1. The lowest BCUT2D eigenvalue weighted by atomic mass is 10.5. The van der Waals surface area contributed by atoms with Crippen molar-refractivity contribution >= 4 is 33.0 Å². The van der Waals surface area contributed by atoms with Crippen molar-refractivity contribution < 1.29 is 4.79 Å². The molecule has 0 bridgehead atoms. The molecule has 0 saturated carbocycles. The molecule has 0 aliphatic carbocycles. The smallest absolute Gasteiger partial charge is 0.190 e. The van der Waals surface area contributed by atoms with E-state index in [1.54, 1.807) is 0 Å². The molecule has 0 saturated heterocycles. The Morgan fingerprint density at radius 1 is 1.67 bits per heavy atom. The third-order valence-corrected chi connectivity index (χ3v) is 2.16. The van der Waals surface area contributed by atoms with Gasteiger partial charge in [-0.05, 0) is 15.9 Å². The van der Waals surface area contributed by atoms with E-state index >= 15 is 0 Å². The Hall–Kier alpha value is -0.290. The number of Topliss-reactive ketones (excluding diaryl/α,β-unsaturated/α-hetero) is 1. The van der Waals surface area contributed by atoms with E-state index in [0.29, 0.717) is 8.92 Å². The normalized spacial score (nSPS) is 9.56. The molecule has 3 nitrogen and oxygen atoms in total. The molecule has 0 atom stereocenters. The van der Waals surface area contributed by atoms with Gasteiger partial charge in [-0.2, -0.15) is 0 Å². The highest BCUT2D eigenvalue weighted by molar-refractivity contribution is 9.11. The summed E-state index contributed by atoms with van der Waals surface area (Å²) in [7, 11) is 0. The molecule has 0 N–H and O–H groups in total. The van der Waals surface area contributed by atoms with Gasteiger partial charge >= 0.3 is 0 Å².